The molecule has 1 saturated heterocycles. The predicted octanol–water partition coefficient (Wildman–Crippen LogP) is -1.29. The van der Waals surface area contributed by atoms with Gasteiger partial charge in [0.25, 0.3) is 0 Å². The zero-order valence-corrected chi connectivity index (χ0v) is 7.75. The fourth-order valence-electron chi connectivity index (χ4n) is 1.47. The molecule has 0 bridgehead atoms. The smallest absolute Gasteiger partial charge is 0.183 e. The van der Waals surface area contributed by atoms with Gasteiger partial charge in [0.15, 0.2) is 6.29 Å². The third-order valence-electron chi connectivity index (χ3n) is 2.46. The number of hydrogen-bond donors (Lipinski definition) is 3. The summed E-state index contributed by atoms with van der Waals surface area (Å²) < 4.78 is 9.97. The van der Waals surface area contributed by atoms with Gasteiger partial charge in [0, 0.05) is 13.0 Å². The van der Waals surface area contributed by atoms with E-state index in [1.54, 1.807) is 6.92 Å². The maximum atomic E-state index is 9.53. The van der Waals surface area contributed by atoms with E-state index in [9.17, 15) is 10.2 Å². The highest BCUT2D eigenvalue weighted by Gasteiger charge is 2.41. The lowest BCUT2D eigenvalue weighted by atomic mass is 9.91. The van der Waals surface area contributed by atoms with Crippen LogP contribution in [0.2, 0.25) is 0 Å². The molecule has 78 valence electrons. The molecule has 0 aromatic carbocycles. The second-order valence-corrected chi connectivity index (χ2v) is 3.30. The van der Waals surface area contributed by atoms with E-state index in [2.05, 4.69) is 0 Å². The van der Waals surface area contributed by atoms with Crippen LogP contribution in [0.5, 0.6) is 0 Å². The molecule has 5 heteroatoms. The summed E-state index contributed by atoms with van der Waals surface area (Å²) in [6, 6.07) is 0. The van der Waals surface area contributed by atoms with Crippen LogP contribution in [0.15, 0.2) is 0 Å². The Kier molecular flexibility index (Phi) is 3.63. The molecule has 1 aliphatic rings. The van der Waals surface area contributed by atoms with Gasteiger partial charge in [-0.25, -0.2) is 0 Å². The van der Waals surface area contributed by atoms with Crippen molar-refractivity contribution in [1.82, 2.24) is 0 Å². The molecule has 3 N–H and O–H groups in total. The fraction of sp³-hybridized carbons (Fsp3) is 1.00. The third-order valence-corrected chi connectivity index (χ3v) is 2.46. The highest BCUT2D eigenvalue weighted by Crippen LogP contribution is 2.25. The van der Waals surface area contributed by atoms with Crippen molar-refractivity contribution in [3.63, 3.8) is 0 Å². The van der Waals surface area contributed by atoms with Crippen LogP contribution in [0.1, 0.15) is 6.92 Å². The van der Waals surface area contributed by atoms with Gasteiger partial charge in [-0.2, -0.15) is 0 Å². The van der Waals surface area contributed by atoms with Gasteiger partial charge in [-0.3, -0.25) is 0 Å². The maximum absolute atomic E-state index is 9.53. The molecule has 0 aromatic rings. The number of methoxy groups -OCH3 is 1. The second kappa shape index (κ2) is 4.34. The summed E-state index contributed by atoms with van der Waals surface area (Å²) in [4.78, 5) is 0. The zero-order chi connectivity index (χ0) is 10.0. The molecule has 1 unspecified atom stereocenters. The van der Waals surface area contributed by atoms with Crippen molar-refractivity contribution in [1.29, 1.82) is 0 Å². The third kappa shape index (κ3) is 2.00. The Balaban J connectivity index is 2.66. The summed E-state index contributed by atoms with van der Waals surface area (Å²) in [5.74, 6) is -0.365. The summed E-state index contributed by atoms with van der Waals surface area (Å²) in [7, 11) is 1.41. The molecule has 5 atom stereocenters. The van der Waals surface area contributed by atoms with Crippen molar-refractivity contribution in [2.45, 2.75) is 31.5 Å². The molecule has 1 rings (SSSR count). The molecule has 0 aromatic heterocycles. The number of aliphatic hydroxyl groups excluding tert-OH is 3. The SMILES string of the molecule is CO[C@H]1O[C@H](CO)[C@@H](O)C(C)[C@@H]1O. The van der Waals surface area contributed by atoms with E-state index >= 15 is 0 Å². The molecule has 1 fully saturated rings. The number of hydrogen-bond acceptors (Lipinski definition) is 5. The van der Waals surface area contributed by atoms with E-state index in [1.807, 2.05) is 0 Å². The molecule has 0 saturated carbocycles. The van der Waals surface area contributed by atoms with E-state index in [-0.39, 0.29) is 12.5 Å². The summed E-state index contributed by atoms with van der Waals surface area (Å²) in [5.41, 5.74) is 0. The summed E-state index contributed by atoms with van der Waals surface area (Å²) in [6.07, 6.45) is -3.16. The second-order valence-electron chi connectivity index (χ2n) is 3.30. The maximum Gasteiger partial charge on any atom is 0.183 e. The van der Waals surface area contributed by atoms with Gasteiger partial charge in [-0.05, 0) is 0 Å². The minimum Gasteiger partial charge on any atom is -0.394 e. The van der Waals surface area contributed by atoms with Gasteiger partial charge in [-0.1, -0.05) is 6.92 Å². The van der Waals surface area contributed by atoms with E-state index in [0.29, 0.717) is 0 Å². The van der Waals surface area contributed by atoms with Crippen LogP contribution in [0.3, 0.4) is 0 Å². The number of ether oxygens (including phenoxy) is 2. The van der Waals surface area contributed by atoms with Crippen LogP contribution < -0.4 is 0 Å². The van der Waals surface area contributed by atoms with Crippen LogP contribution in [0, 0.1) is 5.92 Å². The predicted molar refractivity (Wildman–Crippen MR) is 43.9 cm³/mol. The van der Waals surface area contributed by atoms with Crippen LogP contribution >= 0.6 is 0 Å². The fourth-order valence-corrected chi connectivity index (χ4v) is 1.47. The standard InChI is InChI=1S/C8H16O5/c1-4-6(10)5(3-9)13-8(12-2)7(4)11/h4-11H,3H2,1-2H3/t4?,5-,6+,7+,8+/m1/s1. The van der Waals surface area contributed by atoms with Crippen molar-refractivity contribution < 1.29 is 24.8 Å². The average molecular weight is 192 g/mol. The Bertz CT molecular complexity index is 143. The lowest BCUT2D eigenvalue weighted by molar-refractivity contribution is -0.280. The van der Waals surface area contributed by atoms with E-state index in [1.165, 1.54) is 7.11 Å². The highest BCUT2D eigenvalue weighted by atomic mass is 16.7. The molecular formula is C8H16O5. The minimum atomic E-state index is -0.859. The summed E-state index contributed by atoms with van der Waals surface area (Å²) >= 11 is 0. The monoisotopic (exact) mass is 192 g/mol. The Morgan fingerprint density at radius 3 is 2.38 bits per heavy atom. The summed E-state index contributed by atoms with van der Waals surface area (Å²) in [5, 5.41) is 27.9. The Labute approximate surface area is 76.9 Å². The molecule has 0 amide bonds. The van der Waals surface area contributed by atoms with E-state index in [4.69, 9.17) is 14.6 Å². The van der Waals surface area contributed by atoms with Gasteiger partial charge < -0.3 is 24.8 Å². The van der Waals surface area contributed by atoms with Gasteiger partial charge in [0.1, 0.15) is 12.2 Å². The molecule has 5 nitrogen and oxygen atoms in total. The Hall–Kier alpha value is -0.200. The van der Waals surface area contributed by atoms with Crippen LogP contribution in [-0.2, 0) is 9.47 Å². The van der Waals surface area contributed by atoms with Crippen molar-refractivity contribution in [2.24, 2.45) is 5.92 Å². The van der Waals surface area contributed by atoms with Crippen molar-refractivity contribution in [3.8, 4) is 0 Å². The first-order valence-electron chi connectivity index (χ1n) is 4.27. The van der Waals surface area contributed by atoms with Crippen molar-refractivity contribution >= 4 is 0 Å². The number of rotatable bonds is 2. The molecule has 0 spiro atoms. The van der Waals surface area contributed by atoms with Gasteiger partial charge in [-0.15, -0.1) is 0 Å². The first-order valence-corrected chi connectivity index (χ1v) is 4.27. The lowest BCUT2D eigenvalue weighted by Gasteiger charge is -2.40. The molecule has 0 radical (unpaired) electrons. The van der Waals surface area contributed by atoms with Crippen LogP contribution in [0.25, 0.3) is 0 Å². The van der Waals surface area contributed by atoms with Crippen molar-refractivity contribution in [2.75, 3.05) is 13.7 Å². The zero-order valence-electron chi connectivity index (χ0n) is 7.75. The van der Waals surface area contributed by atoms with Gasteiger partial charge >= 0.3 is 0 Å². The topological polar surface area (TPSA) is 79.2 Å². The van der Waals surface area contributed by atoms with Gasteiger partial charge in [0.2, 0.25) is 0 Å². The molecule has 13 heavy (non-hydrogen) atoms. The van der Waals surface area contributed by atoms with Crippen LogP contribution in [0.4, 0.5) is 0 Å². The van der Waals surface area contributed by atoms with E-state index in [0.717, 1.165) is 0 Å². The normalized spacial score (nSPS) is 46.4. The lowest BCUT2D eigenvalue weighted by Crippen LogP contribution is -2.54. The van der Waals surface area contributed by atoms with Gasteiger partial charge in [0.05, 0.1) is 12.7 Å². The highest BCUT2D eigenvalue weighted by molar-refractivity contribution is 4.86. The van der Waals surface area contributed by atoms with Crippen molar-refractivity contribution in [3.05, 3.63) is 0 Å². The number of aliphatic hydroxyl groups is 3. The first kappa shape index (κ1) is 10.9. The Morgan fingerprint density at radius 1 is 1.31 bits per heavy atom. The van der Waals surface area contributed by atoms with E-state index < -0.39 is 24.6 Å². The molecule has 1 aliphatic heterocycles. The Morgan fingerprint density at radius 2 is 1.92 bits per heavy atom. The molecular weight excluding hydrogens is 176 g/mol. The first-order chi connectivity index (χ1) is 6.11. The largest absolute Gasteiger partial charge is 0.394 e. The van der Waals surface area contributed by atoms with Crippen LogP contribution in [-0.4, -0.2) is 53.6 Å². The summed E-state index contributed by atoms with van der Waals surface area (Å²) in [6.45, 7) is 1.41. The molecule has 1 heterocycles. The minimum absolute atomic E-state index is 0.280. The average Bonchev–Trinajstić information content (AvgIpc) is 2.15. The quantitative estimate of drug-likeness (QED) is 0.507. The molecule has 0 aliphatic carbocycles.